The van der Waals surface area contributed by atoms with E-state index in [0.29, 0.717) is 36.5 Å². The summed E-state index contributed by atoms with van der Waals surface area (Å²) in [5, 5.41) is 13.9. The first-order chi connectivity index (χ1) is 10.9. The van der Waals surface area contributed by atoms with Crippen molar-refractivity contribution in [2.24, 2.45) is 11.3 Å². The van der Waals surface area contributed by atoms with E-state index < -0.39 is 5.41 Å². The molecule has 1 fully saturated rings. The minimum Gasteiger partial charge on any atom is -0.619 e. The number of ether oxygens (including phenoxy) is 1. The monoisotopic (exact) mass is 321 g/mol. The maximum atomic E-state index is 12.4. The molecule has 2 heterocycles. The molecule has 0 bridgehead atoms. The van der Waals surface area contributed by atoms with Gasteiger partial charge >= 0.3 is 12.0 Å². The Bertz CT molecular complexity index is 590. The molecule has 2 amide bonds. The second-order valence-corrected chi connectivity index (χ2v) is 6.09. The summed E-state index contributed by atoms with van der Waals surface area (Å²) < 4.78 is 5.83. The van der Waals surface area contributed by atoms with Crippen LogP contribution >= 0.6 is 0 Å². The Morgan fingerprint density at radius 3 is 2.87 bits per heavy atom. The van der Waals surface area contributed by atoms with Crippen molar-refractivity contribution in [3.05, 3.63) is 29.7 Å². The van der Waals surface area contributed by atoms with Gasteiger partial charge in [0.2, 0.25) is 6.20 Å². The number of hydrogen-bond donors (Lipinski definition) is 1. The highest BCUT2D eigenvalue weighted by Gasteiger charge is 2.49. The number of pyridine rings is 1. The molecule has 1 aromatic heterocycles. The molecule has 7 nitrogen and oxygen atoms in total. The summed E-state index contributed by atoms with van der Waals surface area (Å²) in [6.45, 7) is 6.84. The summed E-state index contributed by atoms with van der Waals surface area (Å²) in [6.07, 6.45) is 3.21. The van der Waals surface area contributed by atoms with E-state index in [4.69, 9.17) is 4.74 Å². The molecule has 0 aromatic carbocycles. The van der Waals surface area contributed by atoms with Crippen molar-refractivity contribution in [1.29, 1.82) is 0 Å². The van der Waals surface area contributed by atoms with Crippen LogP contribution in [0.3, 0.4) is 0 Å². The average molecular weight is 321 g/mol. The van der Waals surface area contributed by atoms with Crippen LogP contribution in [0.25, 0.3) is 0 Å². The standard InChI is InChI=1S/C16H23N3O4/c1-4-23-14(20)16(12(2)3)7-9-18(11-16)15(21)17-13-6-5-8-19(22)10-13/h5-6,8,10,12H,4,7,9,11H2,1-3H3,(H,17,21). The van der Waals surface area contributed by atoms with Crippen LogP contribution < -0.4 is 10.0 Å². The first-order valence-electron chi connectivity index (χ1n) is 7.81. The maximum absolute atomic E-state index is 12.4. The molecule has 1 aromatic rings. The van der Waals surface area contributed by atoms with Crippen molar-refractivity contribution < 1.29 is 19.1 Å². The van der Waals surface area contributed by atoms with E-state index >= 15 is 0 Å². The van der Waals surface area contributed by atoms with Gasteiger partial charge in [-0.15, -0.1) is 0 Å². The molecule has 23 heavy (non-hydrogen) atoms. The molecular formula is C16H23N3O4. The molecule has 1 unspecified atom stereocenters. The smallest absolute Gasteiger partial charge is 0.322 e. The maximum Gasteiger partial charge on any atom is 0.322 e. The molecule has 0 aliphatic carbocycles. The van der Waals surface area contributed by atoms with Crippen molar-refractivity contribution in [3.8, 4) is 0 Å². The molecule has 0 saturated carbocycles. The summed E-state index contributed by atoms with van der Waals surface area (Å²) in [5.74, 6) is -0.178. The van der Waals surface area contributed by atoms with Gasteiger partial charge in [0.25, 0.3) is 0 Å². The lowest BCUT2D eigenvalue weighted by molar-refractivity contribution is -0.604. The van der Waals surface area contributed by atoms with Crippen molar-refractivity contribution in [2.75, 3.05) is 25.0 Å². The number of esters is 1. The Morgan fingerprint density at radius 1 is 1.52 bits per heavy atom. The van der Waals surface area contributed by atoms with E-state index in [1.165, 1.54) is 12.4 Å². The summed E-state index contributed by atoms with van der Waals surface area (Å²) in [5.41, 5.74) is -0.242. The van der Waals surface area contributed by atoms with Crippen LogP contribution in [-0.2, 0) is 9.53 Å². The van der Waals surface area contributed by atoms with Gasteiger partial charge in [-0.05, 0) is 25.3 Å². The fourth-order valence-corrected chi connectivity index (χ4v) is 2.89. The van der Waals surface area contributed by atoms with E-state index in [0.717, 1.165) is 0 Å². The van der Waals surface area contributed by atoms with Gasteiger partial charge < -0.3 is 20.2 Å². The van der Waals surface area contributed by atoms with Crippen LogP contribution in [0, 0.1) is 16.5 Å². The van der Waals surface area contributed by atoms with Crippen molar-refractivity contribution in [3.63, 3.8) is 0 Å². The summed E-state index contributed by atoms with van der Waals surface area (Å²) >= 11 is 0. The largest absolute Gasteiger partial charge is 0.619 e. The van der Waals surface area contributed by atoms with Crippen molar-refractivity contribution in [2.45, 2.75) is 27.2 Å². The van der Waals surface area contributed by atoms with E-state index in [2.05, 4.69) is 5.32 Å². The number of nitrogens with zero attached hydrogens (tertiary/aromatic N) is 2. The summed E-state index contributed by atoms with van der Waals surface area (Å²) in [6, 6.07) is 2.88. The van der Waals surface area contributed by atoms with Gasteiger partial charge in [0, 0.05) is 19.2 Å². The van der Waals surface area contributed by atoms with Gasteiger partial charge in [-0.1, -0.05) is 13.8 Å². The zero-order valence-electron chi connectivity index (χ0n) is 13.7. The minimum absolute atomic E-state index is 0.0693. The molecule has 2 rings (SSSR count). The molecule has 7 heteroatoms. The van der Waals surface area contributed by atoms with E-state index in [1.807, 2.05) is 13.8 Å². The number of urea groups is 1. The molecule has 1 aliphatic heterocycles. The van der Waals surface area contributed by atoms with E-state index in [1.54, 1.807) is 24.0 Å². The Labute approximate surface area is 135 Å². The Morgan fingerprint density at radius 2 is 2.26 bits per heavy atom. The first kappa shape index (κ1) is 17.1. The number of anilines is 1. The molecular weight excluding hydrogens is 298 g/mol. The van der Waals surface area contributed by atoms with Crippen molar-refractivity contribution in [1.82, 2.24) is 4.90 Å². The molecule has 126 valence electrons. The van der Waals surface area contributed by atoms with Gasteiger partial charge in [-0.3, -0.25) is 4.79 Å². The normalized spacial score (nSPS) is 20.6. The third-order valence-electron chi connectivity index (χ3n) is 4.40. The van der Waals surface area contributed by atoms with E-state index in [9.17, 15) is 14.8 Å². The predicted molar refractivity (Wildman–Crippen MR) is 84.5 cm³/mol. The highest BCUT2D eigenvalue weighted by molar-refractivity contribution is 5.90. The van der Waals surface area contributed by atoms with Gasteiger partial charge in [0.15, 0.2) is 6.20 Å². The molecule has 1 N–H and O–H groups in total. The van der Waals surface area contributed by atoms with Crippen LogP contribution in [0.1, 0.15) is 27.2 Å². The molecule has 0 radical (unpaired) electrons. The van der Waals surface area contributed by atoms with Crippen LogP contribution in [-0.4, -0.2) is 36.6 Å². The lowest BCUT2D eigenvalue weighted by atomic mass is 9.76. The Kier molecular flexibility index (Phi) is 5.08. The Hall–Kier alpha value is -2.31. The van der Waals surface area contributed by atoms with Crippen LogP contribution in [0.2, 0.25) is 0 Å². The number of nitrogens with one attached hydrogen (secondary N) is 1. The highest BCUT2D eigenvalue weighted by atomic mass is 16.5. The Balaban J connectivity index is 2.08. The SMILES string of the molecule is CCOC(=O)C1(C(C)C)CCN(C(=O)Nc2ccc[n+]([O-])c2)C1. The quantitative estimate of drug-likeness (QED) is 0.520. The number of amides is 2. The van der Waals surface area contributed by atoms with Gasteiger partial charge in [-0.2, -0.15) is 4.73 Å². The fourth-order valence-electron chi connectivity index (χ4n) is 2.89. The number of aromatic nitrogens is 1. The fraction of sp³-hybridized carbons (Fsp3) is 0.562. The average Bonchev–Trinajstić information content (AvgIpc) is 2.94. The van der Waals surface area contributed by atoms with Crippen LogP contribution in [0.4, 0.5) is 10.5 Å². The number of likely N-dealkylation sites (tertiary alicyclic amines) is 1. The second kappa shape index (κ2) is 6.85. The van der Waals surface area contributed by atoms with Gasteiger partial charge in [-0.25, -0.2) is 4.79 Å². The van der Waals surface area contributed by atoms with Crippen LogP contribution in [0.5, 0.6) is 0 Å². The molecule has 0 spiro atoms. The minimum atomic E-state index is -0.664. The van der Waals surface area contributed by atoms with Gasteiger partial charge in [0.1, 0.15) is 5.69 Å². The summed E-state index contributed by atoms with van der Waals surface area (Å²) in [7, 11) is 0. The number of hydrogen-bond acceptors (Lipinski definition) is 4. The first-order valence-corrected chi connectivity index (χ1v) is 7.81. The second-order valence-electron chi connectivity index (χ2n) is 6.09. The predicted octanol–water partition coefficient (Wildman–Crippen LogP) is 1.76. The number of carbonyl (C=O) groups excluding carboxylic acids is 2. The third kappa shape index (κ3) is 3.55. The van der Waals surface area contributed by atoms with Gasteiger partial charge in [0.05, 0.1) is 12.0 Å². The van der Waals surface area contributed by atoms with Crippen molar-refractivity contribution >= 4 is 17.7 Å². The third-order valence-corrected chi connectivity index (χ3v) is 4.40. The van der Waals surface area contributed by atoms with Crippen LogP contribution in [0.15, 0.2) is 24.5 Å². The zero-order valence-corrected chi connectivity index (χ0v) is 13.7. The molecule has 1 aliphatic rings. The zero-order chi connectivity index (χ0) is 17.0. The molecule has 1 atom stereocenters. The lowest BCUT2D eigenvalue weighted by Gasteiger charge is -2.30. The number of carbonyl (C=O) groups is 2. The lowest BCUT2D eigenvalue weighted by Crippen LogP contribution is -2.42. The topological polar surface area (TPSA) is 85.6 Å². The van der Waals surface area contributed by atoms with E-state index in [-0.39, 0.29) is 17.9 Å². The highest BCUT2D eigenvalue weighted by Crippen LogP contribution is 2.39. The number of rotatable bonds is 4. The summed E-state index contributed by atoms with van der Waals surface area (Å²) in [4.78, 5) is 26.3. The molecule has 1 saturated heterocycles.